The van der Waals surface area contributed by atoms with Crippen LogP contribution in [-0.2, 0) is 30.8 Å². The van der Waals surface area contributed by atoms with E-state index in [1.165, 1.54) is 12.1 Å². The highest BCUT2D eigenvalue weighted by atomic mass is 19.1. The molecular formula is C35H50FN5O5. The van der Waals surface area contributed by atoms with E-state index >= 15 is 0 Å². The molecule has 0 aliphatic carbocycles. The van der Waals surface area contributed by atoms with Gasteiger partial charge in [-0.1, -0.05) is 26.0 Å². The molecule has 1 unspecified atom stereocenters. The molecule has 4 heterocycles. The van der Waals surface area contributed by atoms with Crippen molar-refractivity contribution in [1.82, 2.24) is 19.7 Å². The van der Waals surface area contributed by atoms with E-state index in [4.69, 9.17) is 19.2 Å². The van der Waals surface area contributed by atoms with Crippen LogP contribution >= 0.6 is 0 Å². The number of piperazine rings is 1. The van der Waals surface area contributed by atoms with Gasteiger partial charge in [0.15, 0.2) is 0 Å². The lowest BCUT2D eigenvalue weighted by Crippen LogP contribution is -2.64. The fourth-order valence-corrected chi connectivity index (χ4v) is 6.79. The molecular weight excluding hydrogens is 589 g/mol. The Balaban J connectivity index is 1.37. The minimum Gasteiger partial charge on any atom is -0.444 e. The molecule has 5 rings (SSSR count). The third-order valence-corrected chi connectivity index (χ3v) is 9.11. The fourth-order valence-electron chi connectivity index (χ4n) is 6.79. The zero-order valence-corrected chi connectivity index (χ0v) is 28.4. The summed E-state index contributed by atoms with van der Waals surface area (Å²) >= 11 is 0. The number of pyridine rings is 1. The zero-order chi connectivity index (χ0) is 33.2. The van der Waals surface area contributed by atoms with Crippen molar-refractivity contribution < 1.29 is 28.2 Å². The number of amides is 2. The van der Waals surface area contributed by atoms with Gasteiger partial charge in [0.2, 0.25) is 5.91 Å². The Kier molecular flexibility index (Phi) is 10.4. The average Bonchev–Trinajstić information content (AvgIpc) is 3.25. The number of carbonyl (C=O) groups is 2. The van der Waals surface area contributed by atoms with Crippen LogP contribution in [0.2, 0.25) is 0 Å². The van der Waals surface area contributed by atoms with Gasteiger partial charge in [0.05, 0.1) is 43.8 Å². The van der Waals surface area contributed by atoms with Gasteiger partial charge >= 0.3 is 6.09 Å². The molecule has 1 aromatic heterocycles. The van der Waals surface area contributed by atoms with E-state index in [0.717, 1.165) is 29.1 Å². The van der Waals surface area contributed by atoms with Gasteiger partial charge in [0.1, 0.15) is 11.4 Å². The summed E-state index contributed by atoms with van der Waals surface area (Å²) in [6, 6.07) is 8.41. The van der Waals surface area contributed by atoms with E-state index in [-0.39, 0.29) is 47.9 Å². The minimum atomic E-state index is -0.604. The minimum absolute atomic E-state index is 0.00546. The summed E-state index contributed by atoms with van der Waals surface area (Å²) in [5, 5.41) is 0. The molecule has 3 atom stereocenters. The van der Waals surface area contributed by atoms with Crippen molar-refractivity contribution in [2.75, 3.05) is 71.1 Å². The van der Waals surface area contributed by atoms with E-state index in [0.29, 0.717) is 52.4 Å². The number of anilines is 1. The number of hydrogen-bond donors (Lipinski definition) is 0. The van der Waals surface area contributed by atoms with Gasteiger partial charge < -0.3 is 24.0 Å². The van der Waals surface area contributed by atoms with Gasteiger partial charge in [-0.3, -0.25) is 19.6 Å². The molecule has 0 radical (unpaired) electrons. The predicted octanol–water partition coefficient (Wildman–Crippen LogP) is 4.09. The van der Waals surface area contributed by atoms with Crippen LogP contribution in [0.1, 0.15) is 58.4 Å². The summed E-state index contributed by atoms with van der Waals surface area (Å²) in [6.07, 6.45) is 2.13. The molecule has 2 aromatic rings. The number of benzene rings is 1. The van der Waals surface area contributed by atoms with Gasteiger partial charge in [-0.2, -0.15) is 0 Å². The summed E-state index contributed by atoms with van der Waals surface area (Å²) in [7, 11) is 1.69. The van der Waals surface area contributed by atoms with Crippen molar-refractivity contribution in [3.05, 3.63) is 59.2 Å². The largest absolute Gasteiger partial charge is 0.444 e. The van der Waals surface area contributed by atoms with Crippen molar-refractivity contribution in [3.63, 3.8) is 0 Å². The third-order valence-electron chi connectivity index (χ3n) is 9.11. The highest BCUT2D eigenvalue weighted by Crippen LogP contribution is 2.40. The Morgan fingerprint density at radius 1 is 1.09 bits per heavy atom. The fraction of sp³-hybridized carbons (Fsp3) is 0.629. The van der Waals surface area contributed by atoms with Crippen LogP contribution in [0.3, 0.4) is 0 Å². The second-order valence-electron chi connectivity index (χ2n) is 14.6. The molecule has 252 valence electrons. The quantitative estimate of drug-likeness (QED) is 0.427. The first-order chi connectivity index (χ1) is 21.7. The van der Waals surface area contributed by atoms with Crippen LogP contribution in [-0.4, -0.2) is 122 Å². The normalized spacial score (nSPS) is 23.8. The number of morpholine rings is 1. The molecule has 0 bridgehead atoms. The third kappa shape index (κ3) is 8.05. The van der Waals surface area contributed by atoms with Crippen molar-refractivity contribution in [1.29, 1.82) is 0 Å². The maximum absolute atomic E-state index is 14.2. The Labute approximate surface area is 272 Å². The summed E-state index contributed by atoms with van der Waals surface area (Å²) in [6.45, 7) is 16.8. The average molecular weight is 640 g/mol. The van der Waals surface area contributed by atoms with Crippen LogP contribution in [0.15, 0.2) is 36.5 Å². The molecule has 2 fully saturated rings. The summed E-state index contributed by atoms with van der Waals surface area (Å²) in [5.74, 6) is -0.261. The number of carbonyl (C=O) groups excluding carboxylic acids is 2. The monoisotopic (exact) mass is 639 g/mol. The lowest BCUT2D eigenvalue weighted by molar-refractivity contribution is -0.122. The Morgan fingerprint density at radius 2 is 1.83 bits per heavy atom. The maximum Gasteiger partial charge on any atom is 0.410 e. The highest BCUT2D eigenvalue weighted by Gasteiger charge is 2.43. The first-order valence-corrected chi connectivity index (χ1v) is 16.3. The summed E-state index contributed by atoms with van der Waals surface area (Å²) < 4.78 is 30.5. The second-order valence-corrected chi connectivity index (χ2v) is 14.6. The molecule has 11 heteroatoms. The van der Waals surface area contributed by atoms with Crippen molar-refractivity contribution in [3.8, 4) is 0 Å². The molecule has 0 saturated carbocycles. The lowest BCUT2D eigenvalue weighted by atomic mass is 9.91. The smallest absolute Gasteiger partial charge is 0.410 e. The Bertz CT molecular complexity index is 1380. The standard InChI is InChI=1S/C35H50FN5O5/c1-24-17-39(28(19-40(24)33(43)46-34(2,3)4)18-38-12-13-45-22-29(38)21-44-7)20-31(42)41-23-35(5,6)32-30(41)15-26(16-37-32)14-25-8-10-27(36)11-9-25/h8-11,15-16,24,28-29H,12-14,17-23H2,1-7H3/t24-,28+,29?/m1/s1. The number of fused-ring (bicyclic) bond motifs is 1. The predicted molar refractivity (Wildman–Crippen MR) is 175 cm³/mol. The van der Waals surface area contributed by atoms with E-state index in [2.05, 4.69) is 29.7 Å². The van der Waals surface area contributed by atoms with Gasteiger partial charge in [-0.15, -0.1) is 0 Å². The number of aromatic nitrogens is 1. The van der Waals surface area contributed by atoms with E-state index in [1.54, 1.807) is 19.2 Å². The van der Waals surface area contributed by atoms with Gasteiger partial charge in [-0.25, -0.2) is 9.18 Å². The SMILES string of the molecule is COCC1COCCN1C[C@H]1CN(C(=O)OC(C)(C)C)[C@H](C)CN1CC(=O)N1CC(C)(C)c2ncc(Cc3ccc(F)cc3)cc21. The molecule has 10 nitrogen and oxygen atoms in total. The summed E-state index contributed by atoms with van der Waals surface area (Å²) in [4.78, 5) is 40.6. The van der Waals surface area contributed by atoms with Crippen LogP contribution < -0.4 is 4.90 Å². The van der Waals surface area contributed by atoms with Crippen LogP contribution in [0, 0.1) is 5.82 Å². The molecule has 2 saturated heterocycles. The molecule has 3 aliphatic rings. The number of methoxy groups -OCH3 is 1. The molecule has 1 aromatic carbocycles. The van der Waals surface area contributed by atoms with Crippen molar-refractivity contribution in [2.45, 2.75) is 77.1 Å². The number of ether oxygens (including phenoxy) is 3. The van der Waals surface area contributed by atoms with Gasteiger partial charge in [0, 0.05) is 63.5 Å². The van der Waals surface area contributed by atoms with Crippen molar-refractivity contribution >= 4 is 17.7 Å². The number of rotatable bonds is 8. The van der Waals surface area contributed by atoms with E-state index in [9.17, 15) is 14.0 Å². The number of halogens is 1. The molecule has 46 heavy (non-hydrogen) atoms. The Hall–Kier alpha value is -3.12. The maximum atomic E-state index is 14.2. The van der Waals surface area contributed by atoms with Gasteiger partial charge in [0.25, 0.3) is 0 Å². The molecule has 0 spiro atoms. The topological polar surface area (TPSA) is 87.7 Å². The van der Waals surface area contributed by atoms with Crippen LogP contribution in [0.5, 0.6) is 0 Å². The zero-order valence-electron chi connectivity index (χ0n) is 28.4. The molecule has 3 aliphatic heterocycles. The lowest BCUT2D eigenvalue weighted by Gasteiger charge is -2.48. The van der Waals surface area contributed by atoms with Crippen LogP contribution in [0.4, 0.5) is 14.9 Å². The van der Waals surface area contributed by atoms with Crippen molar-refractivity contribution in [2.24, 2.45) is 0 Å². The molecule has 0 N–H and O–H groups in total. The summed E-state index contributed by atoms with van der Waals surface area (Å²) in [5.41, 5.74) is 2.77. The first-order valence-electron chi connectivity index (χ1n) is 16.3. The highest BCUT2D eigenvalue weighted by molar-refractivity contribution is 5.97. The number of nitrogens with zero attached hydrogens (tertiary/aromatic N) is 5. The van der Waals surface area contributed by atoms with E-state index in [1.807, 2.05) is 43.7 Å². The van der Waals surface area contributed by atoms with Crippen LogP contribution in [0.25, 0.3) is 0 Å². The van der Waals surface area contributed by atoms with E-state index < -0.39 is 5.60 Å². The molecule has 2 amide bonds. The number of hydrogen-bond acceptors (Lipinski definition) is 8. The van der Waals surface area contributed by atoms with Gasteiger partial charge in [-0.05, 0) is 63.4 Å². The first kappa shape index (κ1) is 34.2. The second kappa shape index (κ2) is 13.9. The Morgan fingerprint density at radius 3 is 2.52 bits per heavy atom.